The fourth-order valence-electron chi connectivity index (χ4n) is 4.45. The Morgan fingerprint density at radius 3 is 2.62 bits per heavy atom. The van der Waals surface area contributed by atoms with Crippen molar-refractivity contribution in [3.05, 3.63) is 17.7 Å². The fraction of sp³-hybridized carbons (Fsp3) is 0.762. The van der Waals surface area contributed by atoms with Gasteiger partial charge in [0.15, 0.2) is 0 Å². The van der Waals surface area contributed by atoms with Crippen molar-refractivity contribution >= 4 is 11.9 Å². The summed E-state index contributed by atoms with van der Waals surface area (Å²) in [4.78, 5) is 39.6. The molecule has 2 aliphatic heterocycles. The number of carbonyl (C=O) groups excluding carboxylic acids is 2. The van der Waals surface area contributed by atoms with E-state index in [1.54, 1.807) is 12.0 Å². The van der Waals surface area contributed by atoms with Crippen molar-refractivity contribution in [2.24, 2.45) is 0 Å². The number of nitrogens with one attached hydrogen (secondary N) is 1. The van der Waals surface area contributed by atoms with Crippen LogP contribution in [0, 0.1) is 0 Å². The molecule has 8 nitrogen and oxygen atoms in total. The first kappa shape index (κ1) is 21.8. The van der Waals surface area contributed by atoms with Crippen molar-refractivity contribution in [1.82, 2.24) is 24.7 Å². The largest absolute Gasteiger partial charge is 0.383 e. The average Bonchev–Trinajstić information content (AvgIpc) is 3.22. The number of aromatic nitrogens is 2. The number of imidazole rings is 1. The molecule has 0 radical (unpaired) electrons. The van der Waals surface area contributed by atoms with Crippen LogP contribution < -0.4 is 0 Å². The maximum atomic E-state index is 13.3. The minimum absolute atomic E-state index is 0.0448. The van der Waals surface area contributed by atoms with Crippen molar-refractivity contribution < 1.29 is 14.3 Å². The lowest BCUT2D eigenvalue weighted by Gasteiger charge is -2.42. The van der Waals surface area contributed by atoms with Crippen LogP contribution in [0.25, 0.3) is 0 Å². The van der Waals surface area contributed by atoms with E-state index in [-0.39, 0.29) is 18.0 Å². The van der Waals surface area contributed by atoms with Crippen molar-refractivity contribution in [3.8, 4) is 0 Å². The Hall–Kier alpha value is -1.93. The van der Waals surface area contributed by atoms with Gasteiger partial charge >= 0.3 is 6.03 Å². The zero-order valence-electron chi connectivity index (χ0n) is 18.2. The molecule has 0 aromatic carbocycles. The van der Waals surface area contributed by atoms with Gasteiger partial charge in [-0.25, -0.2) is 9.78 Å². The Balaban J connectivity index is 1.66. The van der Waals surface area contributed by atoms with Crippen LogP contribution >= 0.6 is 0 Å². The molecule has 162 valence electrons. The Labute approximate surface area is 173 Å². The summed E-state index contributed by atoms with van der Waals surface area (Å²) >= 11 is 0. The number of H-pyrrole nitrogens is 1. The Morgan fingerprint density at radius 2 is 2.00 bits per heavy atom. The van der Waals surface area contributed by atoms with Gasteiger partial charge < -0.3 is 14.6 Å². The lowest BCUT2D eigenvalue weighted by Crippen LogP contribution is -2.57. The van der Waals surface area contributed by atoms with Crippen LogP contribution in [0.4, 0.5) is 4.79 Å². The van der Waals surface area contributed by atoms with Crippen LogP contribution in [0.15, 0.2) is 6.20 Å². The summed E-state index contributed by atoms with van der Waals surface area (Å²) in [5.74, 6) is 1.00. The highest BCUT2D eigenvalue weighted by atomic mass is 16.5. The number of hydrogen-bond acceptors (Lipinski definition) is 5. The highest BCUT2D eigenvalue weighted by Gasteiger charge is 2.58. The molecular weight excluding hydrogens is 370 g/mol. The topological polar surface area (TPSA) is 81.8 Å². The SMILES string of the molecule is CCCCc1ncc(CN2CCC3(CC2)C(=O)N(C(C)C)C(=O)N3CCOC)[nH]1. The smallest absolute Gasteiger partial charge is 0.327 e. The number of unbranched alkanes of at least 4 members (excludes halogenated alkanes) is 1. The van der Waals surface area contributed by atoms with Gasteiger partial charge in [-0.15, -0.1) is 0 Å². The molecule has 2 fully saturated rings. The molecule has 2 aliphatic rings. The molecule has 8 heteroatoms. The van der Waals surface area contributed by atoms with E-state index < -0.39 is 5.54 Å². The normalized spacial score (nSPS) is 19.9. The Bertz CT molecular complexity index is 709. The lowest BCUT2D eigenvalue weighted by atomic mass is 9.85. The molecule has 3 amide bonds. The third-order valence-electron chi connectivity index (χ3n) is 6.13. The predicted molar refractivity (Wildman–Crippen MR) is 110 cm³/mol. The second-order valence-corrected chi connectivity index (χ2v) is 8.46. The minimum atomic E-state index is -0.726. The van der Waals surface area contributed by atoms with Gasteiger partial charge in [-0.2, -0.15) is 0 Å². The summed E-state index contributed by atoms with van der Waals surface area (Å²) in [6.45, 7) is 9.20. The van der Waals surface area contributed by atoms with E-state index in [2.05, 4.69) is 21.8 Å². The van der Waals surface area contributed by atoms with Gasteiger partial charge in [0.1, 0.15) is 11.4 Å². The number of aryl methyl sites for hydroxylation is 1. The van der Waals surface area contributed by atoms with Gasteiger partial charge in [-0.3, -0.25) is 14.6 Å². The third-order valence-corrected chi connectivity index (χ3v) is 6.13. The number of likely N-dealkylation sites (tertiary alicyclic amines) is 1. The third kappa shape index (κ3) is 4.33. The van der Waals surface area contributed by atoms with Crippen LogP contribution in [0.5, 0.6) is 0 Å². The molecule has 3 rings (SSSR count). The number of methoxy groups -OCH3 is 1. The monoisotopic (exact) mass is 405 g/mol. The van der Waals surface area contributed by atoms with E-state index in [0.29, 0.717) is 26.0 Å². The maximum Gasteiger partial charge on any atom is 0.327 e. The zero-order valence-corrected chi connectivity index (χ0v) is 18.2. The number of amides is 3. The van der Waals surface area contributed by atoms with E-state index in [9.17, 15) is 9.59 Å². The molecule has 1 aromatic heterocycles. The first-order valence-electron chi connectivity index (χ1n) is 10.8. The number of ether oxygens (including phenoxy) is 1. The van der Waals surface area contributed by atoms with Crippen molar-refractivity contribution in [2.45, 2.75) is 71.0 Å². The summed E-state index contributed by atoms with van der Waals surface area (Å²) in [5.41, 5.74) is 0.386. The zero-order chi connectivity index (χ0) is 21.0. The molecule has 0 atom stereocenters. The van der Waals surface area contributed by atoms with E-state index in [4.69, 9.17) is 4.74 Å². The minimum Gasteiger partial charge on any atom is -0.383 e. The van der Waals surface area contributed by atoms with Crippen LogP contribution in [0.1, 0.15) is 58.0 Å². The van der Waals surface area contributed by atoms with E-state index in [1.807, 2.05) is 20.0 Å². The molecule has 1 aromatic rings. The summed E-state index contributed by atoms with van der Waals surface area (Å²) in [6, 6.07) is -0.311. The van der Waals surface area contributed by atoms with E-state index in [1.165, 1.54) is 4.90 Å². The quantitative estimate of drug-likeness (QED) is 0.638. The number of piperidine rings is 1. The molecule has 0 bridgehead atoms. The highest BCUT2D eigenvalue weighted by molar-refractivity contribution is 6.07. The van der Waals surface area contributed by atoms with Gasteiger partial charge in [-0.1, -0.05) is 13.3 Å². The van der Waals surface area contributed by atoms with Gasteiger partial charge in [-0.05, 0) is 33.1 Å². The molecule has 1 spiro atoms. The second kappa shape index (κ2) is 9.26. The van der Waals surface area contributed by atoms with Crippen molar-refractivity contribution in [3.63, 3.8) is 0 Å². The molecular formula is C21H35N5O3. The Morgan fingerprint density at radius 1 is 1.28 bits per heavy atom. The molecule has 29 heavy (non-hydrogen) atoms. The molecule has 0 saturated carbocycles. The van der Waals surface area contributed by atoms with E-state index in [0.717, 1.165) is 50.4 Å². The number of nitrogens with zero attached hydrogens (tertiary/aromatic N) is 4. The van der Waals surface area contributed by atoms with Gasteiger partial charge in [0.2, 0.25) is 0 Å². The number of imide groups is 1. The van der Waals surface area contributed by atoms with Gasteiger partial charge in [0.25, 0.3) is 5.91 Å². The highest BCUT2D eigenvalue weighted by Crippen LogP contribution is 2.38. The van der Waals surface area contributed by atoms with Crippen LogP contribution in [-0.2, 0) is 22.5 Å². The molecule has 0 aliphatic carbocycles. The van der Waals surface area contributed by atoms with Crippen molar-refractivity contribution in [2.75, 3.05) is 33.4 Å². The summed E-state index contributed by atoms with van der Waals surface area (Å²) in [5, 5.41) is 0. The number of carbonyl (C=O) groups is 2. The first-order valence-corrected chi connectivity index (χ1v) is 10.8. The number of rotatable bonds is 9. The van der Waals surface area contributed by atoms with Crippen LogP contribution in [-0.4, -0.2) is 81.5 Å². The summed E-state index contributed by atoms with van der Waals surface area (Å²) < 4.78 is 5.20. The van der Waals surface area contributed by atoms with Crippen molar-refractivity contribution in [1.29, 1.82) is 0 Å². The standard InChI is InChI=1S/C21H35N5O3/c1-5-6-7-18-22-14-17(23-18)15-24-10-8-21(9-11-24)19(27)26(16(2)3)20(28)25(21)12-13-29-4/h14,16H,5-13,15H2,1-4H3,(H,22,23). The lowest BCUT2D eigenvalue weighted by molar-refractivity contribution is -0.136. The first-order chi connectivity index (χ1) is 13.9. The maximum absolute atomic E-state index is 13.3. The predicted octanol–water partition coefficient (Wildman–Crippen LogP) is 2.41. The number of aromatic amines is 1. The van der Waals surface area contributed by atoms with Crippen LogP contribution in [0.2, 0.25) is 0 Å². The average molecular weight is 406 g/mol. The van der Waals surface area contributed by atoms with Crippen LogP contribution in [0.3, 0.4) is 0 Å². The number of hydrogen-bond donors (Lipinski definition) is 1. The Kier molecular flexibility index (Phi) is 6.95. The van der Waals surface area contributed by atoms with Gasteiger partial charge in [0.05, 0.1) is 6.61 Å². The molecule has 0 unspecified atom stereocenters. The summed E-state index contributed by atoms with van der Waals surface area (Å²) in [7, 11) is 1.62. The van der Waals surface area contributed by atoms with Gasteiger partial charge in [0, 0.05) is 57.6 Å². The molecule has 1 N–H and O–H groups in total. The van der Waals surface area contributed by atoms with E-state index >= 15 is 0 Å². The second-order valence-electron chi connectivity index (χ2n) is 8.46. The molecule has 2 saturated heterocycles. The molecule has 3 heterocycles. The summed E-state index contributed by atoms with van der Waals surface area (Å²) in [6.07, 6.45) is 6.51. The fourth-order valence-corrected chi connectivity index (χ4v) is 4.45. The number of urea groups is 1.